The van der Waals surface area contributed by atoms with Crippen molar-refractivity contribution >= 4 is 106 Å². The maximum Gasteiger partial charge on any atom is 0.248 e. The highest BCUT2D eigenvalue weighted by Gasteiger charge is 2.28. The molecule has 3 fully saturated rings. The molecule has 3 heterocycles. The van der Waals surface area contributed by atoms with Gasteiger partial charge in [-0.15, -0.1) is 0 Å². The molecule has 0 saturated carbocycles. The molecule has 0 unspecified atom stereocenters. The number of hydrogen-bond acceptors (Lipinski definition) is 10. The Hall–Kier alpha value is -6.78. The first-order chi connectivity index (χ1) is 38.5. The number of morpholine rings is 1. The summed E-state index contributed by atoms with van der Waals surface area (Å²) in [4.78, 5) is 36.8. The van der Waals surface area contributed by atoms with Crippen LogP contribution in [0.25, 0.3) is 18.2 Å². The van der Waals surface area contributed by atoms with E-state index in [1.165, 1.54) is 55.4 Å². The van der Waals surface area contributed by atoms with Gasteiger partial charge in [0.2, 0.25) is 47.8 Å². The number of halogens is 2. The number of carbonyl (C=O) groups excluding carboxylic acids is 3. The summed E-state index contributed by atoms with van der Waals surface area (Å²) < 4.78 is 85.3. The fourth-order valence-electron chi connectivity index (χ4n) is 8.41. The Balaban J connectivity index is 0.000000173. The molecule has 3 aliphatic rings. The van der Waals surface area contributed by atoms with Crippen LogP contribution in [0.1, 0.15) is 55.2 Å². The Morgan fingerprint density at radius 2 is 0.700 bits per heavy atom. The summed E-state index contributed by atoms with van der Waals surface area (Å²) in [6.07, 6.45) is 14.9. The number of hydrogen-bond donors (Lipinski definition) is 3. The van der Waals surface area contributed by atoms with Crippen LogP contribution in [-0.4, -0.2) is 108 Å². The fraction of sp³-hybridized carbons (Fsp3) is 0.237. The van der Waals surface area contributed by atoms with E-state index in [4.69, 9.17) is 27.9 Å². The molecule has 6 aromatic carbocycles. The van der Waals surface area contributed by atoms with Crippen molar-refractivity contribution in [3.63, 3.8) is 0 Å². The maximum atomic E-state index is 12.6. The van der Waals surface area contributed by atoms with Crippen LogP contribution in [0.3, 0.4) is 0 Å². The molecular weight excluding hydrogens is 1120 g/mol. The van der Waals surface area contributed by atoms with Crippen LogP contribution in [0.5, 0.6) is 0 Å². The molecule has 3 aliphatic heterocycles. The monoisotopic (exact) mass is 1180 g/mol. The Morgan fingerprint density at radius 1 is 0.388 bits per heavy atom. The van der Waals surface area contributed by atoms with Crippen LogP contribution >= 0.6 is 23.2 Å². The minimum atomic E-state index is -3.55. The van der Waals surface area contributed by atoms with E-state index in [2.05, 4.69) is 16.0 Å². The number of ether oxygens (including phenoxy) is 1. The molecule has 0 bridgehead atoms. The van der Waals surface area contributed by atoms with Gasteiger partial charge in [-0.25, -0.2) is 25.3 Å². The van der Waals surface area contributed by atoms with Crippen molar-refractivity contribution in [3.05, 3.63) is 197 Å². The summed E-state index contributed by atoms with van der Waals surface area (Å²) in [5.41, 5.74) is 4.01. The van der Waals surface area contributed by atoms with Crippen LogP contribution in [0.2, 0.25) is 10.0 Å². The first-order valence-corrected chi connectivity index (χ1v) is 31.0. The van der Waals surface area contributed by atoms with Gasteiger partial charge in [0, 0.05) is 84.6 Å². The van der Waals surface area contributed by atoms with Gasteiger partial charge >= 0.3 is 0 Å². The van der Waals surface area contributed by atoms with Gasteiger partial charge in [-0.05, 0) is 146 Å². The van der Waals surface area contributed by atoms with Crippen LogP contribution in [0.15, 0.2) is 185 Å². The van der Waals surface area contributed by atoms with Crippen molar-refractivity contribution < 1.29 is 44.4 Å². The molecule has 3 amide bonds. The number of sulfonamides is 3. The Kier molecular flexibility index (Phi) is 22.5. The zero-order chi connectivity index (χ0) is 57.0. The van der Waals surface area contributed by atoms with Crippen LogP contribution < -0.4 is 16.0 Å². The van der Waals surface area contributed by atoms with Crippen molar-refractivity contribution in [3.8, 4) is 0 Å². The molecule has 16 nitrogen and oxygen atoms in total. The number of nitrogens with zero attached hydrogens (tertiary/aromatic N) is 3. The quantitative estimate of drug-likeness (QED) is 0.0829. The van der Waals surface area contributed by atoms with E-state index < -0.39 is 30.1 Å². The maximum absolute atomic E-state index is 12.6. The standard InChI is InChI=1S/C20H21ClN2O3S.C20H22N2O3S.C19H19ClN2O4S/c21-19-7-3-2-6-16(19)8-13-20(24)22-17-9-11-18(12-10-17)27(25,26)23-14-4-1-5-15-23;23-20(14-9-17-7-3-1-4-8-17)21-18-10-12-19(13-11-18)26(24,25)22-15-5-2-6-16-22;20-18-4-2-1-3-15(18)5-10-19(23)21-16-6-8-17(9-7-16)27(24,25)22-11-13-26-14-12-22/h2-3,6-13H,1,4-5,14-15H2,(H,22,24);1,3-4,7-14H,2,5-6,15-16H2,(H,21,23);1-10H,11-14H2,(H,21,23)/b13-8+;14-9+;10-5+. The highest BCUT2D eigenvalue weighted by molar-refractivity contribution is 7.89. The topological polar surface area (TPSA) is 209 Å². The number of amides is 3. The number of nitrogens with one attached hydrogen (secondary N) is 3. The third-order valence-electron chi connectivity index (χ3n) is 12.7. The lowest BCUT2D eigenvalue weighted by Gasteiger charge is -2.26. The number of carbonyl (C=O) groups is 3. The molecule has 0 aliphatic carbocycles. The van der Waals surface area contributed by atoms with E-state index in [1.54, 1.807) is 85.0 Å². The normalized spacial score (nSPS) is 15.8. The van der Waals surface area contributed by atoms with E-state index >= 15 is 0 Å². The van der Waals surface area contributed by atoms with Crippen LogP contribution in [0.4, 0.5) is 17.1 Å². The minimum absolute atomic E-state index is 0.189. The predicted molar refractivity (Wildman–Crippen MR) is 316 cm³/mol. The van der Waals surface area contributed by atoms with Crippen molar-refractivity contribution in [2.24, 2.45) is 0 Å². The minimum Gasteiger partial charge on any atom is -0.379 e. The molecular formula is C59H62Cl2N6O10S3. The van der Waals surface area contributed by atoms with E-state index in [9.17, 15) is 39.6 Å². The van der Waals surface area contributed by atoms with Crippen molar-refractivity contribution in [1.29, 1.82) is 0 Å². The largest absolute Gasteiger partial charge is 0.379 e. The number of anilines is 3. The van der Waals surface area contributed by atoms with Crippen LogP contribution in [-0.2, 0) is 49.2 Å². The number of rotatable bonds is 15. The molecule has 9 rings (SSSR count). The zero-order valence-electron chi connectivity index (χ0n) is 43.7. The van der Waals surface area contributed by atoms with Gasteiger partial charge in [-0.1, -0.05) is 103 Å². The molecule has 21 heteroatoms. The molecule has 0 atom stereocenters. The first-order valence-electron chi connectivity index (χ1n) is 25.9. The molecule has 420 valence electrons. The van der Waals surface area contributed by atoms with Gasteiger partial charge in [0.25, 0.3) is 0 Å². The lowest BCUT2D eigenvalue weighted by molar-refractivity contribution is -0.112. The Labute approximate surface area is 478 Å². The van der Waals surface area contributed by atoms with Gasteiger partial charge in [0.15, 0.2) is 0 Å². The van der Waals surface area contributed by atoms with Gasteiger partial charge in [-0.2, -0.15) is 12.9 Å². The average Bonchev–Trinajstić information content (AvgIpc) is 3.50. The average molecular weight is 1180 g/mol. The molecule has 0 spiro atoms. The summed E-state index contributed by atoms with van der Waals surface area (Å²) in [6.45, 7) is 3.75. The molecule has 80 heavy (non-hydrogen) atoms. The molecule has 3 saturated heterocycles. The Bertz CT molecular complexity index is 3320. The zero-order valence-corrected chi connectivity index (χ0v) is 47.7. The van der Waals surface area contributed by atoms with Gasteiger partial charge in [-0.3, -0.25) is 14.4 Å². The van der Waals surface area contributed by atoms with Crippen LogP contribution in [0, 0.1) is 0 Å². The first kappa shape index (κ1) is 60.9. The van der Waals surface area contributed by atoms with E-state index in [-0.39, 0.29) is 32.4 Å². The summed E-state index contributed by atoms with van der Waals surface area (Å²) in [5, 5.41) is 9.26. The van der Waals surface area contributed by atoms with Crippen molar-refractivity contribution in [2.45, 2.75) is 53.2 Å². The molecule has 6 aromatic rings. The Morgan fingerprint density at radius 3 is 1.05 bits per heavy atom. The second-order valence-corrected chi connectivity index (χ2v) is 25.1. The highest BCUT2D eigenvalue weighted by atomic mass is 35.5. The van der Waals surface area contributed by atoms with Gasteiger partial charge in [0.05, 0.1) is 27.9 Å². The third-order valence-corrected chi connectivity index (χ3v) is 19.2. The molecule has 0 radical (unpaired) electrons. The summed E-state index contributed by atoms with van der Waals surface area (Å²) in [6, 6.07) is 42.6. The molecule has 3 N–H and O–H groups in total. The molecule has 0 aromatic heterocycles. The van der Waals surface area contributed by atoms with E-state index in [1.807, 2.05) is 60.7 Å². The summed E-state index contributed by atoms with van der Waals surface area (Å²) in [7, 11) is -10.5. The lowest BCUT2D eigenvalue weighted by atomic mass is 10.2. The van der Waals surface area contributed by atoms with Crippen molar-refractivity contribution in [1.82, 2.24) is 12.9 Å². The predicted octanol–water partition coefficient (Wildman–Crippen LogP) is 10.7. The van der Waals surface area contributed by atoms with Gasteiger partial charge < -0.3 is 20.7 Å². The summed E-state index contributed by atoms with van der Waals surface area (Å²) in [5.74, 6) is -0.916. The number of piperidine rings is 2. The van der Waals surface area contributed by atoms with Crippen molar-refractivity contribution in [2.75, 3.05) is 68.4 Å². The third kappa shape index (κ3) is 17.9. The van der Waals surface area contributed by atoms with E-state index in [0.29, 0.717) is 79.6 Å². The SMILES string of the molecule is O=C(/C=C/c1ccccc1)Nc1ccc(S(=O)(=O)N2CCCCC2)cc1.O=C(/C=C/c1ccccc1Cl)Nc1ccc(S(=O)(=O)N2CCCCC2)cc1.O=C(/C=C/c1ccccc1Cl)Nc1ccc(S(=O)(=O)N2CCOCC2)cc1. The number of benzene rings is 6. The lowest BCUT2D eigenvalue weighted by Crippen LogP contribution is -2.40. The highest BCUT2D eigenvalue weighted by Crippen LogP contribution is 2.25. The second-order valence-electron chi connectivity index (χ2n) is 18.4. The smallest absolute Gasteiger partial charge is 0.248 e. The fourth-order valence-corrected chi connectivity index (χ4v) is 13.3. The summed E-state index contributed by atoms with van der Waals surface area (Å²) >= 11 is 12.1. The second kappa shape index (κ2) is 29.6. The van der Waals surface area contributed by atoms with Gasteiger partial charge in [0.1, 0.15) is 0 Å². The van der Waals surface area contributed by atoms with E-state index in [0.717, 1.165) is 55.2 Å².